The number of rotatable bonds is 6. The monoisotopic (exact) mass is 388 g/mol. The fourth-order valence-corrected chi connectivity index (χ4v) is 2.55. The van der Waals surface area contributed by atoms with E-state index in [1.807, 2.05) is 0 Å². The lowest BCUT2D eigenvalue weighted by Gasteiger charge is -2.24. The van der Waals surface area contributed by atoms with Crippen molar-refractivity contribution in [3.63, 3.8) is 0 Å². The van der Waals surface area contributed by atoms with E-state index in [1.165, 1.54) is 0 Å². The highest BCUT2D eigenvalue weighted by Crippen LogP contribution is 2.36. The van der Waals surface area contributed by atoms with Crippen molar-refractivity contribution >= 4 is 29.7 Å². The van der Waals surface area contributed by atoms with Crippen LogP contribution >= 0.6 is 0 Å². The third-order valence-corrected chi connectivity index (χ3v) is 3.54. The van der Waals surface area contributed by atoms with Crippen LogP contribution in [0.5, 0.6) is 0 Å². The minimum absolute atomic E-state index is 0.353. The van der Waals surface area contributed by atoms with Crippen molar-refractivity contribution in [2.75, 3.05) is 12.3 Å². The standard InChI is InChI=1S/C15H19N3O9/c1-6(19)24-4-9-11(25-7(2)20)12(26-8(3)21)14(27-9)18-5-17-10(13(18)16)15(22)23/h5,9,11-12,14H,4,16H2,1-3H3,(H,22,23)/t9-,11-,12-,14?/m1/s1/i1D,2D,3D. The maximum absolute atomic E-state index is 11.8. The van der Waals surface area contributed by atoms with Gasteiger partial charge in [0.1, 0.15) is 18.5 Å². The first-order valence-corrected chi connectivity index (χ1v) is 7.36. The van der Waals surface area contributed by atoms with Crippen LogP contribution < -0.4 is 5.73 Å². The summed E-state index contributed by atoms with van der Waals surface area (Å²) in [4.78, 5) is 49.6. The molecule has 12 nitrogen and oxygen atoms in total. The highest BCUT2D eigenvalue weighted by Gasteiger charge is 2.51. The van der Waals surface area contributed by atoms with Crippen molar-refractivity contribution < 1.29 is 47.3 Å². The summed E-state index contributed by atoms with van der Waals surface area (Å²) in [5.41, 5.74) is 5.28. The van der Waals surface area contributed by atoms with Gasteiger partial charge in [-0.2, -0.15) is 0 Å². The molecular formula is C15H19N3O9. The Morgan fingerprint density at radius 1 is 1.22 bits per heavy atom. The number of hydrogen-bond acceptors (Lipinski definition) is 10. The summed E-state index contributed by atoms with van der Waals surface area (Å²) in [6.45, 7) is -2.73. The molecule has 1 fully saturated rings. The van der Waals surface area contributed by atoms with Crippen LogP contribution in [0.2, 0.25) is 0 Å². The van der Waals surface area contributed by atoms with E-state index in [1.54, 1.807) is 0 Å². The van der Waals surface area contributed by atoms with Crippen molar-refractivity contribution in [3.8, 4) is 0 Å². The minimum atomic E-state index is -1.43. The van der Waals surface area contributed by atoms with Gasteiger partial charge in [0.25, 0.3) is 0 Å². The molecule has 148 valence electrons. The van der Waals surface area contributed by atoms with Gasteiger partial charge in [-0.3, -0.25) is 19.0 Å². The van der Waals surface area contributed by atoms with Crippen molar-refractivity contribution in [1.82, 2.24) is 9.55 Å². The van der Waals surface area contributed by atoms with Crippen LogP contribution in [0.1, 0.15) is 41.5 Å². The second-order valence-corrected chi connectivity index (χ2v) is 5.35. The predicted molar refractivity (Wildman–Crippen MR) is 85.2 cm³/mol. The van der Waals surface area contributed by atoms with E-state index >= 15 is 0 Å². The molecule has 2 heterocycles. The fourth-order valence-electron chi connectivity index (χ4n) is 2.55. The van der Waals surface area contributed by atoms with Gasteiger partial charge in [0.15, 0.2) is 24.1 Å². The van der Waals surface area contributed by atoms with E-state index in [9.17, 15) is 19.2 Å². The Balaban J connectivity index is 2.41. The van der Waals surface area contributed by atoms with Crippen LogP contribution in [0.15, 0.2) is 6.33 Å². The summed E-state index contributed by atoms with van der Waals surface area (Å²) >= 11 is 0. The van der Waals surface area contributed by atoms with Gasteiger partial charge in [-0.15, -0.1) is 0 Å². The van der Waals surface area contributed by atoms with Gasteiger partial charge >= 0.3 is 23.9 Å². The Bertz CT molecular complexity index is 819. The van der Waals surface area contributed by atoms with E-state index in [2.05, 4.69) is 4.98 Å². The van der Waals surface area contributed by atoms with Gasteiger partial charge in [0, 0.05) is 24.8 Å². The lowest BCUT2D eigenvalue weighted by molar-refractivity contribution is -0.166. The molecule has 2 rings (SSSR count). The Kier molecular flexibility index (Phi) is 4.78. The van der Waals surface area contributed by atoms with Crippen LogP contribution in [0.25, 0.3) is 0 Å². The molecule has 1 saturated heterocycles. The zero-order valence-corrected chi connectivity index (χ0v) is 13.9. The number of ether oxygens (including phenoxy) is 4. The third kappa shape index (κ3) is 4.53. The summed E-state index contributed by atoms with van der Waals surface area (Å²) < 4.78 is 43.0. The molecule has 1 aromatic heterocycles. The maximum atomic E-state index is 11.8. The molecule has 1 unspecified atom stereocenters. The van der Waals surface area contributed by atoms with E-state index in [4.69, 9.17) is 33.9 Å². The van der Waals surface area contributed by atoms with Gasteiger partial charge in [0.2, 0.25) is 0 Å². The predicted octanol–water partition coefficient (Wildman–Crippen LogP) is -0.513. The SMILES string of the molecule is [2H]CC(=O)OC[C@H]1OC(n2cnc(C(=O)O)c2N)[C@H](OC(=O)C[2H])[C@@H]1OC(=O)C[2H]. The number of carbonyl (C=O) groups excluding carboxylic acids is 3. The number of aromatic carboxylic acids is 1. The highest BCUT2D eigenvalue weighted by atomic mass is 16.7. The third-order valence-electron chi connectivity index (χ3n) is 3.54. The summed E-state index contributed by atoms with van der Waals surface area (Å²) in [6, 6.07) is 0. The van der Waals surface area contributed by atoms with Gasteiger partial charge in [-0.1, -0.05) is 0 Å². The van der Waals surface area contributed by atoms with Gasteiger partial charge in [-0.25, -0.2) is 9.78 Å². The van der Waals surface area contributed by atoms with E-state index < -0.39 is 81.4 Å². The molecule has 0 radical (unpaired) electrons. The number of nitrogens with zero attached hydrogens (tertiary/aromatic N) is 2. The lowest BCUT2D eigenvalue weighted by atomic mass is 10.1. The summed E-state index contributed by atoms with van der Waals surface area (Å²) in [7, 11) is 0. The average molecular weight is 388 g/mol. The number of carboxylic acid groups (broad SMARTS) is 1. The highest BCUT2D eigenvalue weighted by molar-refractivity contribution is 5.90. The molecule has 0 aliphatic carbocycles. The number of nitrogen functional groups attached to an aromatic ring is 1. The molecule has 4 atom stereocenters. The number of anilines is 1. The Morgan fingerprint density at radius 3 is 2.41 bits per heavy atom. The van der Waals surface area contributed by atoms with E-state index in [0.29, 0.717) is 0 Å². The number of aromatic nitrogens is 2. The Hall–Kier alpha value is -3.15. The molecule has 27 heavy (non-hydrogen) atoms. The second-order valence-electron chi connectivity index (χ2n) is 5.35. The molecule has 1 aromatic rings. The van der Waals surface area contributed by atoms with Gasteiger partial charge in [-0.05, 0) is 0 Å². The summed E-state index contributed by atoms with van der Waals surface area (Å²) in [5.74, 6) is -4.70. The number of carboxylic acids is 1. The van der Waals surface area contributed by atoms with Crippen LogP contribution in [0, 0.1) is 0 Å². The lowest BCUT2D eigenvalue weighted by Crippen LogP contribution is -2.40. The molecule has 1 aliphatic heterocycles. The van der Waals surface area contributed by atoms with E-state index in [-0.39, 0.29) is 5.82 Å². The van der Waals surface area contributed by atoms with Gasteiger partial charge < -0.3 is 29.8 Å². The van der Waals surface area contributed by atoms with Crippen LogP contribution in [-0.2, 0) is 33.3 Å². The normalized spacial score (nSPS) is 25.7. The first-order valence-electron chi connectivity index (χ1n) is 9.48. The zero-order chi connectivity index (χ0) is 22.4. The number of esters is 3. The van der Waals surface area contributed by atoms with Crippen LogP contribution in [0.3, 0.4) is 0 Å². The molecule has 12 heteroatoms. The quantitative estimate of drug-likeness (QED) is 0.475. The molecule has 3 N–H and O–H groups in total. The second kappa shape index (κ2) is 8.03. The summed E-state index contributed by atoms with van der Waals surface area (Å²) in [6.07, 6.45) is -4.34. The van der Waals surface area contributed by atoms with E-state index in [0.717, 1.165) is 10.9 Å². The molecule has 0 bridgehead atoms. The zero-order valence-electron chi connectivity index (χ0n) is 16.9. The van der Waals surface area contributed by atoms with Crippen LogP contribution in [0.4, 0.5) is 5.82 Å². The first-order chi connectivity index (χ1) is 14.2. The van der Waals surface area contributed by atoms with Crippen molar-refractivity contribution in [2.45, 2.75) is 45.2 Å². The minimum Gasteiger partial charge on any atom is -0.476 e. The largest absolute Gasteiger partial charge is 0.476 e. The number of nitrogens with two attached hydrogens (primary N) is 1. The maximum Gasteiger partial charge on any atom is 0.358 e. The smallest absolute Gasteiger partial charge is 0.358 e. The fraction of sp³-hybridized carbons (Fsp3) is 0.533. The molecule has 0 saturated carbocycles. The molecule has 1 aliphatic rings. The first kappa shape index (κ1) is 16.1. The average Bonchev–Trinajstić information content (AvgIpc) is 3.26. The van der Waals surface area contributed by atoms with Crippen molar-refractivity contribution in [3.05, 3.63) is 12.0 Å². The Labute approximate surface area is 157 Å². The number of imidazole rings is 1. The molecule has 0 amide bonds. The molecule has 0 aromatic carbocycles. The van der Waals surface area contributed by atoms with Gasteiger partial charge in [0.05, 0.1) is 6.33 Å². The van der Waals surface area contributed by atoms with Crippen molar-refractivity contribution in [1.29, 1.82) is 0 Å². The summed E-state index contributed by atoms with van der Waals surface area (Å²) in [5, 5.41) is 9.13. The molecular weight excluding hydrogens is 366 g/mol. The van der Waals surface area contributed by atoms with Crippen LogP contribution in [-0.4, -0.2) is 63.5 Å². The number of carbonyl (C=O) groups is 4. The number of hydrogen-bond donors (Lipinski definition) is 2. The topological polar surface area (TPSA) is 169 Å². The molecule has 0 spiro atoms. The van der Waals surface area contributed by atoms with Crippen molar-refractivity contribution in [2.24, 2.45) is 0 Å². The Morgan fingerprint density at radius 2 is 1.85 bits per heavy atom.